The molecular formula is C17H25F3IN5O. The summed E-state index contributed by atoms with van der Waals surface area (Å²) in [6.07, 6.45) is -3.54. The number of guanidine groups is 1. The number of rotatable bonds is 5. The number of likely N-dealkylation sites (tertiary alicyclic amines) is 1. The Labute approximate surface area is 174 Å². The Morgan fingerprint density at radius 1 is 1.37 bits per heavy atom. The Morgan fingerprint density at radius 3 is 2.74 bits per heavy atom. The van der Waals surface area contributed by atoms with Crippen LogP contribution < -0.4 is 16.0 Å². The van der Waals surface area contributed by atoms with E-state index < -0.39 is 12.7 Å². The highest BCUT2D eigenvalue weighted by Gasteiger charge is 2.34. The molecule has 6 nitrogen and oxygen atoms in total. The van der Waals surface area contributed by atoms with Gasteiger partial charge in [0.25, 0.3) is 0 Å². The van der Waals surface area contributed by atoms with Crippen LogP contribution in [0.15, 0.2) is 29.3 Å². The van der Waals surface area contributed by atoms with E-state index in [1.807, 2.05) is 18.2 Å². The van der Waals surface area contributed by atoms with E-state index in [2.05, 4.69) is 20.9 Å². The van der Waals surface area contributed by atoms with Crippen molar-refractivity contribution in [2.75, 3.05) is 32.0 Å². The van der Waals surface area contributed by atoms with Crippen molar-refractivity contribution >= 4 is 41.5 Å². The van der Waals surface area contributed by atoms with E-state index >= 15 is 0 Å². The SMILES string of the molecule is CN=C(NCc1cccc(NC(C)=O)c1)NC1CCN(CC(F)(F)F)C1.I. The van der Waals surface area contributed by atoms with Crippen molar-refractivity contribution in [2.24, 2.45) is 4.99 Å². The number of nitrogens with one attached hydrogen (secondary N) is 3. The summed E-state index contributed by atoms with van der Waals surface area (Å²) in [4.78, 5) is 16.6. The summed E-state index contributed by atoms with van der Waals surface area (Å²) in [7, 11) is 1.62. The number of anilines is 1. The maximum Gasteiger partial charge on any atom is 0.401 e. The summed E-state index contributed by atoms with van der Waals surface area (Å²) in [5.74, 6) is 0.394. The van der Waals surface area contributed by atoms with Crippen molar-refractivity contribution in [2.45, 2.75) is 32.1 Å². The van der Waals surface area contributed by atoms with Crippen molar-refractivity contribution in [3.63, 3.8) is 0 Å². The first kappa shape index (κ1) is 23.5. The maximum absolute atomic E-state index is 12.5. The molecule has 1 saturated heterocycles. The van der Waals surface area contributed by atoms with Gasteiger partial charge in [-0.05, 0) is 24.1 Å². The molecular weight excluding hydrogens is 474 g/mol. The second-order valence-electron chi connectivity index (χ2n) is 6.29. The second kappa shape index (κ2) is 10.7. The van der Waals surface area contributed by atoms with Gasteiger partial charge in [0, 0.05) is 45.3 Å². The predicted molar refractivity (Wildman–Crippen MR) is 110 cm³/mol. The van der Waals surface area contributed by atoms with Crippen LogP contribution in [0.4, 0.5) is 18.9 Å². The molecule has 0 saturated carbocycles. The monoisotopic (exact) mass is 499 g/mol. The summed E-state index contributed by atoms with van der Waals surface area (Å²) >= 11 is 0. The van der Waals surface area contributed by atoms with Gasteiger partial charge >= 0.3 is 6.18 Å². The molecule has 1 aromatic rings. The molecule has 1 heterocycles. The minimum atomic E-state index is -4.17. The molecule has 1 atom stereocenters. The van der Waals surface area contributed by atoms with Crippen LogP contribution in [-0.4, -0.2) is 55.7 Å². The number of amides is 1. The molecule has 1 aliphatic rings. The third kappa shape index (κ3) is 8.78. The zero-order valence-electron chi connectivity index (χ0n) is 15.3. The summed E-state index contributed by atoms with van der Waals surface area (Å²) in [6.45, 7) is 1.78. The molecule has 1 unspecified atom stereocenters. The van der Waals surface area contributed by atoms with E-state index in [0.29, 0.717) is 37.7 Å². The fourth-order valence-corrected chi connectivity index (χ4v) is 2.88. The molecule has 0 aliphatic carbocycles. The molecule has 0 spiro atoms. The largest absolute Gasteiger partial charge is 0.401 e. The van der Waals surface area contributed by atoms with Crippen LogP contribution in [-0.2, 0) is 11.3 Å². The van der Waals surface area contributed by atoms with Crippen molar-refractivity contribution in [1.29, 1.82) is 0 Å². The van der Waals surface area contributed by atoms with Crippen LogP contribution in [0.25, 0.3) is 0 Å². The van der Waals surface area contributed by atoms with Gasteiger partial charge in [-0.1, -0.05) is 12.1 Å². The first-order chi connectivity index (χ1) is 12.2. The highest BCUT2D eigenvalue weighted by molar-refractivity contribution is 14.0. The summed E-state index contributed by atoms with van der Waals surface area (Å²) in [6, 6.07) is 7.32. The normalized spacial score (nSPS) is 18.0. The Balaban J connectivity index is 0.00000364. The lowest BCUT2D eigenvalue weighted by molar-refractivity contribution is -0.143. The molecule has 1 aromatic carbocycles. The third-order valence-corrected chi connectivity index (χ3v) is 3.95. The second-order valence-corrected chi connectivity index (χ2v) is 6.29. The molecule has 0 radical (unpaired) electrons. The van der Waals surface area contributed by atoms with E-state index in [1.54, 1.807) is 13.1 Å². The van der Waals surface area contributed by atoms with E-state index in [4.69, 9.17) is 0 Å². The number of benzene rings is 1. The van der Waals surface area contributed by atoms with Gasteiger partial charge in [-0.3, -0.25) is 14.7 Å². The molecule has 2 rings (SSSR count). The van der Waals surface area contributed by atoms with Crippen molar-refractivity contribution in [3.8, 4) is 0 Å². The molecule has 1 fully saturated rings. The van der Waals surface area contributed by atoms with Crippen LogP contribution in [0.2, 0.25) is 0 Å². The lowest BCUT2D eigenvalue weighted by atomic mass is 10.2. The average Bonchev–Trinajstić information content (AvgIpc) is 2.96. The first-order valence-electron chi connectivity index (χ1n) is 8.38. The van der Waals surface area contributed by atoms with Crippen molar-refractivity contribution < 1.29 is 18.0 Å². The lowest BCUT2D eigenvalue weighted by Crippen LogP contribution is -2.44. The quantitative estimate of drug-likeness (QED) is 0.331. The molecule has 3 N–H and O–H groups in total. The van der Waals surface area contributed by atoms with Crippen LogP contribution in [0.5, 0.6) is 0 Å². The molecule has 0 bridgehead atoms. The fraction of sp³-hybridized carbons (Fsp3) is 0.529. The van der Waals surface area contributed by atoms with Crippen molar-refractivity contribution in [3.05, 3.63) is 29.8 Å². The number of aliphatic imine (C=N–C) groups is 1. The Bertz CT molecular complexity index is 654. The van der Waals surface area contributed by atoms with Crippen LogP contribution in [0.1, 0.15) is 18.9 Å². The standard InChI is InChI=1S/C17H24F3N5O.HI/c1-12(26)23-14-5-3-4-13(8-14)9-22-16(21-2)24-15-6-7-25(10-15)11-17(18,19)20;/h3-5,8,15H,6-7,9-11H2,1-2H3,(H,23,26)(H2,21,22,24);1H. The van der Waals surface area contributed by atoms with Gasteiger partial charge < -0.3 is 16.0 Å². The predicted octanol–water partition coefficient (Wildman–Crippen LogP) is 2.56. The molecule has 1 amide bonds. The number of nitrogens with zero attached hydrogens (tertiary/aromatic N) is 2. The Kier molecular flexibility index (Phi) is 9.30. The maximum atomic E-state index is 12.5. The number of halogens is 4. The fourth-order valence-electron chi connectivity index (χ4n) is 2.88. The number of hydrogen-bond acceptors (Lipinski definition) is 3. The Morgan fingerprint density at radius 2 is 2.11 bits per heavy atom. The number of alkyl halides is 3. The van der Waals surface area contributed by atoms with E-state index in [1.165, 1.54) is 11.8 Å². The van der Waals surface area contributed by atoms with Gasteiger partial charge in [0.1, 0.15) is 0 Å². The Hall–Kier alpha value is -1.56. The van der Waals surface area contributed by atoms with Gasteiger partial charge in [0.15, 0.2) is 5.96 Å². The molecule has 0 aromatic heterocycles. The van der Waals surface area contributed by atoms with Gasteiger partial charge in [-0.2, -0.15) is 13.2 Å². The smallest absolute Gasteiger partial charge is 0.352 e. The van der Waals surface area contributed by atoms with Crippen molar-refractivity contribution in [1.82, 2.24) is 15.5 Å². The summed E-state index contributed by atoms with van der Waals surface area (Å²) < 4.78 is 37.4. The zero-order valence-corrected chi connectivity index (χ0v) is 17.6. The summed E-state index contributed by atoms with van der Waals surface area (Å²) in [5, 5.41) is 9.02. The third-order valence-electron chi connectivity index (χ3n) is 3.95. The molecule has 27 heavy (non-hydrogen) atoms. The molecule has 152 valence electrons. The van der Waals surface area contributed by atoms with Crippen LogP contribution >= 0.6 is 24.0 Å². The van der Waals surface area contributed by atoms with Crippen LogP contribution in [0.3, 0.4) is 0 Å². The lowest BCUT2D eigenvalue weighted by Gasteiger charge is -2.20. The highest BCUT2D eigenvalue weighted by atomic mass is 127. The number of carbonyl (C=O) groups is 1. The highest BCUT2D eigenvalue weighted by Crippen LogP contribution is 2.20. The number of hydrogen-bond donors (Lipinski definition) is 3. The van der Waals surface area contributed by atoms with E-state index in [-0.39, 0.29) is 35.9 Å². The van der Waals surface area contributed by atoms with Gasteiger partial charge in [0.05, 0.1) is 6.54 Å². The first-order valence-corrected chi connectivity index (χ1v) is 8.38. The number of carbonyl (C=O) groups excluding carboxylic acids is 1. The van der Waals surface area contributed by atoms with E-state index in [9.17, 15) is 18.0 Å². The topological polar surface area (TPSA) is 68.8 Å². The summed E-state index contributed by atoms with van der Waals surface area (Å²) in [5.41, 5.74) is 1.66. The average molecular weight is 499 g/mol. The van der Waals surface area contributed by atoms with Gasteiger partial charge in [0.2, 0.25) is 5.91 Å². The van der Waals surface area contributed by atoms with Gasteiger partial charge in [-0.25, -0.2) is 0 Å². The minimum Gasteiger partial charge on any atom is -0.352 e. The molecule has 10 heteroatoms. The van der Waals surface area contributed by atoms with E-state index in [0.717, 1.165) is 5.56 Å². The zero-order chi connectivity index (χ0) is 19.2. The minimum absolute atomic E-state index is 0. The van der Waals surface area contributed by atoms with Crippen LogP contribution in [0, 0.1) is 0 Å². The molecule has 1 aliphatic heterocycles. The van der Waals surface area contributed by atoms with Gasteiger partial charge in [-0.15, -0.1) is 24.0 Å².